The van der Waals surface area contributed by atoms with Crippen molar-refractivity contribution in [3.8, 4) is 0 Å². The van der Waals surface area contributed by atoms with Gasteiger partial charge in [-0.1, -0.05) is 12.1 Å². The second-order valence-electron chi connectivity index (χ2n) is 6.50. The van der Waals surface area contributed by atoms with Gasteiger partial charge in [0.25, 0.3) is 5.91 Å². The first-order valence-corrected chi connectivity index (χ1v) is 8.87. The smallest absolute Gasteiger partial charge is 0.251 e. The molecule has 27 heavy (non-hydrogen) atoms. The number of aromatic nitrogens is 3. The van der Waals surface area contributed by atoms with Crippen LogP contribution in [0.2, 0.25) is 0 Å². The van der Waals surface area contributed by atoms with E-state index in [0.717, 1.165) is 22.5 Å². The summed E-state index contributed by atoms with van der Waals surface area (Å²) in [4.78, 5) is 25.3. The average molecular weight is 361 g/mol. The number of anilines is 1. The van der Waals surface area contributed by atoms with Crippen LogP contribution < -0.4 is 10.6 Å². The first-order chi connectivity index (χ1) is 13.0. The third-order valence-corrected chi connectivity index (χ3v) is 4.18. The number of carbonyl (C=O) groups excluding carboxylic acids is 1. The van der Waals surface area contributed by atoms with Gasteiger partial charge in [-0.05, 0) is 62.2 Å². The molecule has 0 aliphatic carbocycles. The molecule has 0 spiro atoms. The molecule has 1 atom stereocenters. The monoisotopic (exact) mass is 361 g/mol. The lowest BCUT2D eigenvalue weighted by Crippen LogP contribution is -2.26. The Balaban J connectivity index is 1.65. The van der Waals surface area contributed by atoms with Gasteiger partial charge in [0.05, 0.1) is 6.04 Å². The Morgan fingerprint density at radius 1 is 1.04 bits per heavy atom. The van der Waals surface area contributed by atoms with Crippen LogP contribution in [0.3, 0.4) is 0 Å². The van der Waals surface area contributed by atoms with Crippen molar-refractivity contribution in [2.45, 2.75) is 33.4 Å². The Bertz CT molecular complexity index is 907. The standard InChI is InChI=1S/C21H23N5O/c1-14-11-15(2)25-21(24-14)23-13-17-5-4-6-19(12-17)20(27)26-16(3)18-7-9-22-10-8-18/h4-12,16H,13H2,1-3H3,(H,26,27)(H,23,24,25)/t16-/m1/s1. The van der Waals surface area contributed by atoms with Crippen LogP contribution in [0.1, 0.15) is 45.8 Å². The molecular formula is C21H23N5O. The molecule has 0 saturated heterocycles. The Kier molecular flexibility index (Phi) is 5.76. The molecule has 0 saturated carbocycles. The molecule has 2 heterocycles. The van der Waals surface area contributed by atoms with Crippen molar-refractivity contribution in [3.05, 3.63) is 82.9 Å². The van der Waals surface area contributed by atoms with Crippen LogP contribution in [0.15, 0.2) is 54.9 Å². The number of nitrogens with zero attached hydrogens (tertiary/aromatic N) is 3. The van der Waals surface area contributed by atoms with E-state index in [2.05, 4.69) is 25.6 Å². The van der Waals surface area contributed by atoms with Gasteiger partial charge in [0.2, 0.25) is 5.95 Å². The van der Waals surface area contributed by atoms with Crippen LogP contribution in [0.4, 0.5) is 5.95 Å². The maximum atomic E-state index is 12.6. The van der Waals surface area contributed by atoms with E-state index in [1.165, 1.54) is 0 Å². The fourth-order valence-corrected chi connectivity index (χ4v) is 2.82. The van der Waals surface area contributed by atoms with Gasteiger partial charge in [-0.25, -0.2) is 9.97 Å². The van der Waals surface area contributed by atoms with Gasteiger partial charge in [0.1, 0.15) is 0 Å². The summed E-state index contributed by atoms with van der Waals surface area (Å²) in [6.07, 6.45) is 3.44. The third-order valence-electron chi connectivity index (χ3n) is 4.18. The molecule has 2 N–H and O–H groups in total. The van der Waals surface area contributed by atoms with Gasteiger partial charge in [0.15, 0.2) is 0 Å². The topological polar surface area (TPSA) is 79.8 Å². The number of carbonyl (C=O) groups is 1. The quantitative estimate of drug-likeness (QED) is 0.701. The number of aryl methyl sites for hydroxylation is 2. The van der Waals surface area contributed by atoms with Crippen LogP contribution in [0, 0.1) is 13.8 Å². The molecule has 0 radical (unpaired) electrons. The summed E-state index contributed by atoms with van der Waals surface area (Å²) in [6.45, 7) is 6.38. The van der Waals surface area contributed by atoms with Crippen LogP contribution in [0.25, 0.3) is 0 Å². The van der Waals surface area contributed by atoms with E-state index in [1.54, 1.807) is 12.4 Å². The second kappa shape index (κ2) is 8.40. The number of nitrogens with one attached hydrogen (secondary N) is 2. The minimum Gasteiger partial charge on any atom is -0.350 e. The predicted octanol–water partition coefficient (Wildman–Crippen LogP) is 3.59. The fraction of sp³-hybridized carbons (Fsp3) is 0.238. The molecule has 1 aromatic carbocycles. The van der Waals surface area contributed by atoms with Crippen molar-refractivity contribution in [3.63, 3.8) is 0 Å². The summed E-state index contributed by atoms with van der Waals surface area (Å²) in [6, 6.07) is 13.2. The number of benzene rings is 1. The molecule has 138 valence electrons. The molecule has 0 aliphatic heterocycles. The molecule has 3 rings (SSSR count). The molecule has 0 aliphatic rings. The summed E-state index contributed by atoms with van der Waals surface area (Å²) in [7, 11) is 0. The lowest BCUT2D eigenvalue weighted by Gasteiger charge is -2.14. The van der Waals surface area contributed by atoms with Crippen LogP contribution >= 0.6 is 0 Å². The minimum absolute atomic E-state index is 0.0917. The zero-order valence-electron chi connectivity index (χ0n) is 15.7. The molecule has 6 heteroatoms. The normalized spacial score (nSPS) is 11.7. The molecule has 1 amide bonds. The number of rotatable bonds is 6. The Hall–Kier alpha value is -3.28. The third kappa shape index (κ3) is 5.10. The number of pyridine rings is 1. The minimum atomic E-state index is -0.108. The van der Waals surface area contributed by atoms with Crippen molar-refractivity contribution in [2.75, 3.05) is 5.32 Å². The highest BCUT2D eigenvalue weighted by molar-refractivity contribution is 5.94. The zero-order chi connectivity index (χ0) is 19.2. The van der Waals surface area contributed by atoms with Crippen LogP contribution in [-0.2, 0) is 6.54 Å². The van der Waals surface area contributed by atoms with Gasteiger partial charge < -0.3 is 10.6 Å². The maximum Gasteiger partial charge on any atom is 0.251 e. The summed E-state index contributed by atoms with van der Waals surface area (Å²) in [5.74, 6) is 0.484. The molecule has 0 unspecified atom stereocenters. The highest BCUT2D eigenvalue weighted by Gasteiger charge is 2.12. The SMILES string of the molecule is Cc1cc(C)nc(NCc2cccc(C(=O)N[C@H](C)c3ccncc3)c2)n1. The van der Waals surface area contributed by atoms with Crippen molar-refractivity contribution in [1.29, 1.82) is 0 Å². The molecule has 6 nitrogen and oxygen atoms in total. The van der Waals surface area contributed by atoms with Gasteiger partial charge in [0, 0.05) is 35.9 Å². The van der Waals surface area contributed by atoms with Crippen LogP contribution in [-0.4, -0.2) is 20.9 Å². The number of amides is 1. The average Bonchev–Trinajstić information content (AvgIpc) is 2.66. The van der Waals surface area contributed by atoms with E-state index in [9.17, 15) is 4.79 Å². The van der Waals surface area contributed by atoms with E-state index in [0.29, 0.717) is 18.1 Å². The lowest BCUT2D eigenvalue weighted by atomic mass is 10.1. The van der Waals surface area contributed by atoms with Crippen molar-refractivity contribution in [2.24, 2.45) is 0 Å². The molecule has 0 bridgehead atoms. The fourth-order valence-electron chi connectivity index (χ4n) is 2.82. The lowest BCUT2D eigenvalue weighted by molar-refractivity contribution is 0.0940. The van der Waals surface area contributed by atoms with E-state index < -0.39 is 0 Å². The largest absolute Gasteiger partial charge is 0.350 e. The van der Waals surface area contributed by atoms with Crippen LogP contribution in [0.5, 0.6) is 0 Å². The Morgan fingerprint density at radius 3 is 2.44 bits per heavy atom. The van der Waals surface area contributed by atoms with Crippen molar-refractivity contribution < 1.29 is 4.79 Å². The van der Waals surface area contributed by atoms with Gasteiger partial charge in [-0.15, -0.1) is 0 Å². The molecular weight excluding hydrogens is 338 g/mol. The Morgan fingerprint density at radius 2 is 1.74 bits per heavy atom. The summed E-state index contributed by atoms with van der Waals surface area (Å²) >= 11 is 0. The van der Waals surface area contributed by atoms with Crippen molar-refractivity contribution >= 4 is 11.9 Å². The molecule has 0 fully saturated rings. The number of hydrogen-bond acceptors (Lipinski definition) is 5. The summed E-state index contributed by atoms with van der Waals surface area (Å²) in [5, 5.41) is 6.23. The highest BCUT2D eigenvalue weighted by atomic mass is 16.1. The van der Waals surface area contributed by atoms with E-state index in [1.807, 2.05) is 63.2 Å². The molecule has 2 aromatic heterocycles. The second-order valence-corrected chi connectivity index (χ2v) is 6.50. The first-order valence-electron chi connectivity index (χ1n) is 8.87. The van der Waals surface area contributed by atoms with E-state index in [-0.39, 0.29) is 11.9 Å². The Labute approximate surface area is 159 Å². The molecule has 3 aromatic rings. The van der Waals surface area contributed by atoms with Crippen molar-refractivity contribution in [1.82, 2.24) is 20.3 Å². The summed E-state index contributed by atoms with van der Waals surface area (Å²) < 4.78 is 0. The summed E-state index contributed by atoms with van der Waals surface area (Å²) in [5.41, 5.74) is 4.47. The first kappa shape index (κ1) is 18.5. The highest BCUT2D eigenvalue weighted by Crippen LogP contribution is 2.13. The maximum absolute atomic E-state index is 12.6. The van der Waals surface area contributed by atoms with Gasteiger partial charge in [-0.3, -0.25) is 9.78 Å². The van der Waals surface area contributed by atoms with Gasteiger partial charge in [-0.2, -0.15) is 0 Å². The number of hydrogen-bond donors (Lipinski definition) is 2. The van der Waals surface area contributed by atoms with Gasteiger partial charge >= 0.3 is 0 Å². The predicted molar refractivity (Wildman–Crippen MR) is 105 cm³/mol. The van der Waals surface area contributed by atoms with E-state index >= 15 is 0 Å². The van der Waals surface area contributed by atoms with E-state index in [4.69, 9.17) is 0 Å². The zero-order valence-corrected chi connectivity index (χ0v) is 15.7.